The van der Waals surface area contributed by atoms with Gasteiger partial charge in [-0.15, -0.1) is 0 Å². The molecule has 7 heteroatoms. The Balaban J connectivity index is 2.28. The molecule has 0 aliphatic carbocycles. The Hall–Kier alpha value is -2.60. The molecule has 2 rings (SSSR count). The standard InChI is InChI=1S/C17H15ClFNO4/c1-24-11-7-5-10(6-8-11)14(9-15(21)22)20-17(23)16-12(18)3-2-4-13(16)19/h2-8,14H,9H2,1H3,(H,20,23)(H,21,22)/t14-/m1/s1. The summed E-state index contributed by atoms with van der Waals surface area (Å²) in [5.41, 5.74) is 0.238. The average molecular weight is 352 g/mol. The number of carbonyl (C=O) groups is 2. The maximum absolute atomic E-state index is 13.8. The van der Waals surface area contributed by atoms with Gasteiger partial charge in [-0.1, -0.05) is 29.8 Å². The highest BCUT2D eigenvalue weighted by molar-refractivity contribution is 6.33. The third-order valence-corrected chi connectivity index (χ3v) is 3.71. The van der Waals surface area contributed by atoms with Crippen LogP contribution in [0.2, 0.25) is 5.02 Å². The van der Waals surface area contributed by atoms with Crippen LogP contribution in [0.15, 0.2) is 42.5 Å². The number of carbonyl (C=O) groups excluding carboxylic acids is 1. The second kappa shape index (κ2) is 7.79. The minimum Gasteiger partial charge on any atom is -0.497 e. The molecule has 126 valence electrons. The first-order valence-electron chi connectivity index (χ1n) is 7.03. The zero-order valence-electron chi connectivity index (χ0n) is 12.8. The molecule has 0 aromatic heterocycles. The molecule has 2 aromatic rings. The Morgan fingerprint density at radius 1 is 1.25 bits per heavy atom. The Morgan fingerprint density at radius 3 is 2.46 bits per heavy atom. The predicted octanol–water partition coefficient (Wildman–Crippen LogP) is 3.43. The molecular formula is C17H15ClFNO4. The van der Waals surface area contributed by atoms with Crippen LogP contribution in [-0.4, -0.2) is 24.1 Å². The van der Waals surface area contributed by atoms with Crippen LogP contribution in [0.25, 0.3) is 0 Å². The summed E-state index contributed by atoms with van der Waals surface area (Å²) in [6.07, 6.45) is -0.357. The first-order chi connectivity index (χ1) is 11.4. The normalized spacial score (nSPS) is 11.6. The topological polar surface area (TPSA) is 75.6 Å². The van der Waals surface area contributed by atoms with Crippen LogP contribution in [0, 0.1) is 5.82 Å². The van der Waals surface area contributed by atoms with Crippen molar-refractivity contribution in [2.45, 2.75) is 12.5 Å². The minimum absolute atomic E-state index is 0.0451. The molecule has 0 saturated heterocycles. The minimum atomic E-state index is -1.10. The summed E-state index contributed by atoms with van der Waals surface area (Å²) in [6.45, 7) is 0. The van der Waals surface area contributed by atoms with Crippen molar-refractivity contribution in [3.05, 3.63) is 64.4 Å². The van der Waals surface area contributed by atoms with Gasteiger partial charge < -0.3 is 15.2 Å². The Bertz CT molecular complexity index is 729. The van der Waals surface area contributed by atoms with Gasteiger partial charge in [0.15, 0.2) is 0 Å². The number of benzene rings is 2. The molecule has 1 atom stereocenters. The van der Waals surface area contributed by atoms with Crippen LogP contribution in [0.3, 0.4) is 0 Å². The summed E-state index contributed by atoms with van der Waals surface area (Å²) >= 11 is 5.87. The van der Waals surface area contributed by atoms with E-state index in [1.807, 2.05) is 0 Å². The summed E-state index contributed by atoms with van der Waals surface area (Å²) in [7, 11) is 1.51. The lowest BCUT2D eigenvalue weighted by molar-refractivity contribution is -0.137. The van der Waals surface area contributed by atoms with E-state index in [1.165, 1.54) is 19.2 Å². The molecule has 0 aliphatic heterocycles. The molecular weight excluding hydrogens is 337 g/mol. The summed E-state index contributed by atoms with van der Waals surface area (Å²) in [4.78, 5) is 23.4. The lowest BCUT2D eigenvalue weighted by atomic mass is 10.0. The van der Waals surface area contributed by atoms with E-state index in [1.54, 1.807) is 24.3 Å². The Labute approximate surface area is 143 Å². The van der Waals surface area contributed by atoms with Crippen LogP contribution >= 0.6 is 11.6 Å². The highest BCUT2D eigenvalue weighted by Crippen LogP contribution is 2.23. The molecule has 0 aliphatic rings. The van der Waals surface area contributed by atoms with E-state index < -0.39 is 23.7 Å². The van der Waals surface area contributed by atoms with Crippen LogP contribution in [0.4, 0.5) is 4.39 Å². The molecule has 0 bridgehead atoms. The third-order valence-electron chi connectivity index (χ3n) is 3.39. The number of amides is 1. The zero-order chi connectivity index (χ0) is 17.7. The number of halogens is 2. The number of aliphatic carboxylic acids is 1. The van der Waals surface area contributed by atoms with Gasteiger partial charge in [0.25, 0.3) is 5.91 Å². The van der Waals surface area contributed by atoms with Gasteiger partial charge in [-0.2, -0.15) is 0 Å². The van der Waals surface area contributed by atoms with E-state index in [0.29, 0.717) is 11.3 Å². The molecule has 0 heterocycles. The van der Waals surface area contributed by atoms with E-state index in [4.69, 9.17) is 21.4 Å². The zero-order valence-corrected chi connectivity index (χ0v) is 13.5. The number of carboxylic acids is 1. The molecule has 24 heavy (non-hydrogen) atoms. The summed E-state index contributed by atoms with van der Waals surface area (Å²) < 4.78 is 18.9. The molecule has 2 N–H and O–H groups in total. The maximum atomic E-state index is 13.8. The fraction of sp³-hybridized carbons (Fsp3) is 0.176. The smallest absolute Gasteiger partial charge is 0.305 e. The number of ether oxygens (including phenoxy) is 1. The quantitative estimate of drug-likeness (QED) is 0.836. The first-order valence-corrected chi connectivity index (χ1v) is 7.40. The second-order valence-electron chi connectivity index (χ2n) is 4.99. The largest absolute Gasteiger partial charge is 0.497 e. The molecule has 5 nitrogen and oxygen atoms in total. The van der Waals surface area contributed by atoms with Crippen molar-refractivity contribution in [3.63, 3.8) is 0 Å². The number of methoxy groups -OCH3 is 1. The number of hydrogen-bond donors (Lipinski definition) is 2. The molecule has 0 fully saturated rings. The predicted molar refractivity (Wildman–Crippen MR) is 86.9 cm³/mol. The van der Waals surface area contributed by atoms with E-state index >= 15 is 0 Å². The van der Waals surface area contributed by atoms with Crippen molar-refractivity contribution in [2.24, 2.45) is 0 Å². The average Bonchev–Trinajstić information content (AvgIpc) is 2.54. The molecule has 0 spiro atoms. The van der Waals surface area contributed by atoms with Crippen molar-refractivity contribution in [1.29, 1.82) is 0 Å². The molecule has 0 radical (unpaired) electrons. The number of hydrogen-bond acceptors (Lipinski definition) is 3. The van der Waals surface area contributed by atoms with Crippen LogP contribution < -0.4 is 10.1 Å². The molecule has 1 amide bonds. The highest BCUT2D eigenvalue weighted by atomic mass is 35.5. The monoisotopic (exact) mass is 351 g/mol. The van der Waals surface area contributed by atoms with Gasteiger partial charge in [0, 0.05) is 0 Å². The Morgan fingerprint density at radius 2 is 1.92 bits per heavy atom. The fourth-order valence-electron chi connectivity index (χ4n) is 2.21. The lowest BCUT2D eigenvalue weighted by Gasteiger charge is -2.18. The van der Waals surface area contributed by atoms with E-state index in [9.17, 15) is 14.0 Å². The molecule has 0 saturated carbocycles. The van der Waals surface area contributed by atoms with Crippen molar-refractivity contribution >= 4 is 23.5 Å². The van der Waals surface area contributed by atoms with Crippen LogP contribution in [0.1, 0.15) is 28.4 Å². The third kappa shape index (κ3) is 4.23. The maximum Gasteiger partial charge on any atom is 0.305 e. The van der Waals surface area contributed by atoms with Gasteiger partial charge in [0.1, 0.15) is 11.6 Å². The highest BCUT2D eigenvalue weighted by Gasteiger charge is 2.22. The van der Waals surface area contributed by atoms with Gasteiger partial charge in [0.2, 0.25) is 0 Å². The molecule has 0 unspecified atom stereocenters. The van der Waals surface area contributed by atoms with E-state index in [0.717, 1.165) is 6.07 Å². The van der Waals surface area contributed by atoms with Gasteiger partial charge in [0.05, 0.1) is 30.2 Å². The number of rotatable bonds is 6. The van der Waals surface area contributed by atoms with Gasteiger partial charge >= 0.3 is 5.97 Å². The van der Waals surface area contributed by atoms with Crippen molar-refractivity contribution < 1.29 is 23.8 Å². The summed E-state index contributed by atoms with van der Waals surface area (Å²) in [6, 6.07) is 9.60. The first kappa shape index (κ1) is 17.7. The van der Waals surface area contributed by atoms with Crippen molar-refractivity contribution in [2.75, 3.05) is 7.11 Å². The summed E-state index contributed by atoms with van der Waals surface area (Å²) in [5.74, 6) is -2.06. The van der Waals surface area contributed by atoms with Gasteiger partial charge in [-0.3, -0.25) is 9.59 Å². The molecule has 2 aromatic carbocycles. The second-order valence-corrected chi connectivity index (χ2v) is 5.40. The number of nitrogens with one attached hydrogen (secondary N) is 1. The van der Waals surface area contributed by atoms with E-state index in [2.05, 4.69) is 5.32 Å². The van der Waals surface area contributed by atoms with E-state index in [-0.39, 0.29) is 17.0 Å². The van der Waals surface area contributed by atoms with Crippen LogP contribution in [0.5, 0.6) is 5.75 Å². The SMILES string of the molecule is COc1ccc([C@@H](CC(=O)O)NC(=O)c2c(F)cccc2Cl)cc1. The fourth-order valence-corrected chi connectivity index (χ4v) is 2.46. The Kier molecular flexibility index (Phi) is 5.76. The van der Waals surface area contributed by atoms with Crippen LogP contribution in [-0.2, 0) is 4.79 Å². The van der Waals surface area contributed by atoms with Gasteiger partial charge in [-0.25, -0.2) is 4.39 Å². The van der Waals surface area contributed by atoms with Crippen molar-refractivity contribution in [1.82, 2.24) is 5.32 Å². The van der Waals surface area contributed by atoms with Gasteiger partial charge in [-0.05, 0) is 29.8 Å². The van der Waals surface area contributed by atoms with Crippen molar-refractivity contribution in [3.8, 4) is 5.75 Å². The lowest BCUT2D eigenvalue weighted by Crippen LogP contribution is -2.31. The summed E-state index contributed by atoms with van der Waals surface area (Å²) in [5, 5.41) is 11.5. The number of carboxylic acid groups (broad SMARTS) is 1.